The van der Waals surface area contributed by atoms with Crippen LogP contribution >= 0.6 is 0 Å². The molecule has 1 heterocycles. The standard InChI is InChI=1S/C12H19N3O4/c1-8-6-9(19-15-8)7-14-11(18)13-5-4-12(2,3)10(16)17/h6H,4-5,7H2,1-3H3,(H,16,17)(H2,13,14,18). The molecule has 0 saturated carbocycles. The third kappa shape index (κ3) is 4.99. The maximum Gasteiger partial charge on any atom is 0.315 e. The zero-order chi connectivity index (χ0) is 14.5. The summed E-state index contributed by atoms with van der Waals surface area (Å²) >= 11 is 0. The molecular weight excluding hydrogens is 250 g/mol. The fourth-order valence-corrected chi connectivity index (χ4v) is 1.32. The Morgan fingerprint density at radius 1 is 1.42 bits per heavy atom. The van der Waals surface area contributed by atoms with E-state index < -0.39 is 11.4 Å². The van der Waals surface area contributed by atoms with Gasteiger partial charge in [-0.15, -0.1) is 0 Å². The number of rotatable bonds is 6. The van der Waals surface area contributed by atoms with E-state index in [4.69, 9.17) is 9.63 Å². The Hall–Kier alpha value is -2.05. The Bertz CT molecular complexity index is 454. The van der Waals surface area contributed by atoms with Gasteiger partial charge in [-0.25, -0.2) is 4.79 Å². The average molecular weight is 269 g/mol. The molecule has 106 valence electrons. The highest BCUT2D eigenvalue weighted by molar-refractivity contribution is 5.75. The zero-order valence-electron chi connectivity index (χ0n) is 11.3. The largest absolute Gasteiger partial charge is 0.481 e. The van der Waals surface area contributed by atoms with Crippen molar-refractivity contribution in [3.8, 4) is 0 Å². The summed E-state index contributed by atoms with van der Waals surface area (Å²) in [4.78, 5) is 22.3. The molecule has 0 unspecified atom stereocenters. The number of aryl methyl sites for hydroxylation is 1. The molecule has 7 nitrogen and oxygen atoms in total. The molecule has 1 aromatic heterocycles. The zero-order valence-corrected chi connectivity index (χ0v) is 11.3. The van der Waals surface area contributed by atoms with Crippen LogP contribution in [0, 0.1) is 12.3 Å². The van der Waals surface area contributed by atoms with Crippen molar-refractivity contribution in [3.63, 3.8) is 0 Å². The molecule has 0 atom stereocenters. The van der Waals surface area contributed by atoms with Crippen LogP contribution in [0.3, 0.4) is 0 Å². The quantitative estimate of drug-likeness (QED) is 0.721. The van der Waals surface area contributed by atoms with E-state index in [0.717, 1.165) is 5.69 Å². The first-order chi connectivity index (χ1) is 8.81. The molecule has 19 heavy (non-hydrogen) atoms. The molecular formula is C12H19N3O4. The molecule has 0 aliphatic carbocycles. The highest BCUT2D eigenvalue weighted by atomic mass is 16.5. The molecule has 0 radical (unpaired) electrons. The molecule has 2 amide bonds. The SMILES string of the molecule is Cc1cc(CNC(=O)NCCC(C)(C)C(=O)O)on1. The van der Waals surface area contributed by atoms with Gasteiger partial charge in [0.05, 0.1) is 17.7 Å². The number of aromatic nitrogens is 1. The average Bonchev–Trinajstić information content (AvgIpc) is 2.72. The number of carboxylic acids is 1. The number of carbonyl (C=O) groups is 2. The molecule has 0 aliphatic rings. The summed E-state index contributed by atoms with van der Waals surface area (Å²) in [6.45, 7) is 5.56. The minimum Gasteiger partial charge on any atom is -0.481 e. The highest BCUT2D eigenvalue weighted by Crippen LogP contribution is 2.19. The van der Waals surface area contributed by atoms with Gasteiger partial charge in [-0.1, -0.05) is 5.16 Å². The number of nitrogens with zero attached hydrogens (tertiary/aromatic N) is 1. The van der Waals surface area contributed by atoms with Gasteiger partial charge in [0.1, 0.15) is 0 Å². The van der Waals surface area contributed by atoms with Crippen LogP contribution in [0.5, 0.6) is 0 Å². The lowest BCUT2D eigenvalue weighted by atomic mass is 9.90. The van der Waals surface area contributed by atoms with Crippen LogP contribution in [-0.2, 0) is 11.3 Å². The van der Waals surface area contributed by atoms with Gasteiger partial charge in [0.15, 0.2) is 5.76 Å². The van der Waals surface area contributed by atoms with Gasteiger partial charge >= 0.3 is 12.0 Å². The van der Waals surface area contributed by atoms with E-state index in [1.807, 2.05) is 0 Å². The highest BCUT2D eigenvalue weighted by Gasteiger charge is 2.26. The third-order valence-corrected chi connectivity index (χ3v) is 2.71. The Balaban J connectivity index is 2.23. The first-order valence-electron chi connectivity index (χ1n) is 5.98. The van der Waals surface area contributed by atoms with Gasteiger partial charge in [-0.2, -0.15) is 0 Å². The topological polar surface area (TPSA) is 104 Å². The van der Waals surface area contributed by atoms with Gasteiger partial charge < -0.3 is 20.3 Å². The van der Waals surface area contributed by atoms with E-state index >= 15 is 0 Å². The number of carbonyl (C=O) groups excluding carboxylic acids is 1. The van der Waals surface area contributed by atoms with Crippen LogP contribution in [0.2, 0.25) is 0 Å². The molecule has 0 fully saturated rings. The molecule has 7 heteroatoms. The van der Waals surface area contributed by atoms with Crippen molar-refractivity contribution in [1.29, 1.82) is 0 Å². The first-order valence-corrected chi connectivity index (χ1v) is 5.98. The Morgan fingerprint density at radius 3 is 2.63 bits per heavy atom. The number of urea groups is 1. The summed E-state index contributed by atoms with van der Waals surface area (Å²) in [5, 5.41) is 17.8. The van der Waals surface area contributed by atoms with Crippen LogP contribution in [0.15, 0.2) is 10.6 Å². The Morgan fingerprint density at radius 2 is 2.11 bits per heavy atom. The summed E-state index contributed by atoms with van der Waals surface area (Å²) in [6.07, 6.45) is 0.358. The molecule has 0 spiro atoms. The van der Waals surface area contributed by atoms with Crippen molar-refractivity contribution >= 4 is 12.0 Å². The van der Waals surface area contributed by atoms with E-state index in [1.165, 1.54) is 0 Å². The maximum atomic E-state index is 11.4. The van der Waals surface area contributed by atoms with E-state index in [-0.39, 0.29) is 12.6 Å². The van der Waals surface area contributed by atoms with Crippen molar-refractivity contribution < 1.29 is 19.2 Å². The fraction of sp³-hybridized carbons (Fsp3) is 0.583. The van der Waals surface area contributed by atoms with E-state index in [9.17, 15) is 9.59 Å². The summed E-state index contributed by atoms with van der Waals surface area (Å²) in [5.74, 6) is -0.314. The third-order valence-electron chi connectivity index (χ3n) is 2.71. The van der Waals surface area contributed by atoms with Gasteiger partial charge in [0, 0.05) is 12.6 Å². The lowest BCUT2D eigenvalue weighted by Gasteiger charge is -2.18. The summed E-state index contributed by atoms with van der Waals surface area (Å²) in [7, 11) is 0. The Labute approximate surface area is 111 Å². The van der Waals surface area contributed by atoms with Gasteiger partial charge in [0.2, 0.25) is 0 Å². The molecule has 1 aromatic rings. The maximum absolute atomic E-state index is 11.4. The second kappa shape index (κ2) is 6.21. The van der Waals surface area contributed by atoms with Crippen molar-refractivity contribution in [2.24, 2.45) is 5.41 Å². The molecule has 0 bridgehead atoms. The smallest absolute Gasteiger partial charge is 0.315 e. The van der Waals surface area contributed by atoms with Gasteiger partial charge in [-0.05, 0) is 27.2 Å². The van der Waals surface area contributed by atoms with E-state index in [2.05, 4.69) is 15.8 Å². The number of hydrogen-bond donors (Lipinski definition) is 3. The summed E-state index contributed by atoms with van der Waals surface area (Å²) in [5.41, 5.74) is -0.101. The van der Waals surface area contributed by atoms with Crippen LogP contribution in [-0.4, -0.2) is 28.8 Å². The summed E-state index contributed by atoms with van der Waals surface area (Å²) < 4.78 is 4.93. The molecule has 0 aromatic carbocycles. The minimum atomic E-state index is -0.883. The van der Waals surface area contributed by atoms with Crippen molar-refractivity contribution in [1.82, 2.24) is 15.8 Å². The first kappa shape index (κ1) is 15.0. The normalized spacial score (nSPS) is 11.1. The molecule has 1 rings (SSSR count). The number of amides is 2. The monoisotopic (exact) mass is 269 g/mol. The lowest BCUT2D eigenvalue weighted by Crippen LogP contribution is -2.38. The predicted molar refractivity (Wildman–Crippen MR) is 67.5 cm³/mol. The molecule has 0 saturated heterocycles. The van der Waals surface area contributed by atoms with Crippen LogP contribution in [0.25, 0.3) is 0 Å². The van der Waals surface area contributed by atoms with Crippen molar-refractivity contribution in [2.75, 3.05) is 6.54 Å². The van der Waals surface area contributed by atoms with E-state index in [0.29, 0.717) is 18.7 Å². The predicted octanol–water partition coefficient (Wildman–Crippen LogP) is 1.28. The second-order valence-corrected chi connectivity index (χ2v) is 4.98. The van der Waals surface area contributed by atoms with Crippen LogP contribution in [0.4, 0.5) is 4.79 Å². The number of carboxylic acid groups (broad SMARTS) is 1. The second-order valence-electron chi connectivity index (χ2n) is 4.98. The molecule has 0 aliphatic heterocycles. The van der Waals surface area contributed by atoms with Crippen molar-refractivity contribution in [2.45, 2.75) is 33.7 Å². The van der Waals surface area contributed by atoms with Crippen LogP contribution in [0.1, 0.15) is 31.7 Å². The fourth-order valence-electron chi connectivity index (χ4n) is 1.32. The van der Waals surface area contributed by atoms with Crippen LogP contribution < -0.4 is 10.6 Å². The molecule has 3 N–H and O–H groups in total. The lowest BCUT2D eigenvalue weighted by molar-refractivity contribution is -0.147. The van der Waals surface area contributed by atoms with E-state index in [1.54, 1.807) is 26.8 Å². The van der Waals surface area contributed by atoms with Crippen molar-refractivity contribution in [3.05, 3.63) is 17.5 Å². The Kier molecular flexibility index (Phi) is 4.91. The number of nitrogens with one attached hydrogen (secondary N) is 2. The number of hydrogen-bond acceptors (Lipinski definition) is 4. The summed E-state index contributed by atoms with van der Waals surface area (Å²) in [6, 6.07) is 1.36. The van der Waals surface area contributed by atoms with Gasteiger partial charge in [0.25, 0.3) is 0 Å². The minimum absolute atomic E-state index is 0.245. The van der Waals surface area contributed by atoms with Gasteiger partial charge in [-0.3, -0.25) is 4.79 Å². The number of aliphatic carboxylic acids is 1.